The molecule has 100 valence electrons. The van der Waals surface area contributed by atoms with Crippen molar-refractivity contribution in [1.82, 2.24) is 0 Å². The summed E-state index contributed by atoms with van der Waals surface area (Å²) in [5.74, 6) is 0.625. The first-order chi connectivity index (χ1) is 8.88. The van der Waals surface area contributed by atoms with Gasteiger partial charge >= 0.3 is 0 Å². The molecule has 0 aliphatic heterocycles. The van der Waals surface area contributed by atoms with Crippen LogP contribution >= 0.6 is 0 Å². The van der Waals surface area contributed by atoms with E-state index in [0.29, 0.717) is 12.3 Å². The van der Waals surface area contributed by atoms with Crippen LogP contribution in [0.3, 0.4) is 0 Å². The van der Waals surface area contributed by atoms with Crippen LogP contribution in [0.1, 0.15) is 44.5 Å². The summed E-state index contributed by atoms with van der Waals surface area (Å²) in [5.41, 5.74) is 1.00. The minimum Gasteiger partial charge on any atom is -0.294 e. The maximum Gasteiger partial charge on any atom is 0.163 e. The SMILES string of the molecule is CC(CC(=O)c1ccc2ccccc2c1)C(C)(C)C. The summed E-state index contributed by atoms with van der Waals surface area (Å²) in [6, 6.07) is 14.1. The van der Waals surface area contributed by atoms with E-state index in [4.69, 9.17) is 0 Å². The van der Waals surface area contributed by atoms with Gasteiger partial charge in [0.2, 0.25) is 0 Å². The fourth-order valence-corrected chi connectivity index (χ4v) is 2.06. The molecule has 2 rings (SSSR count). The van der Waals surface area contributed by atoms with E-state index in [2.05, 4.69) is 39.8 Å². The Morgan fingerprint density at radius 3 is 2.32 bits per heavy atom. The number of ketones is 1. The highest BCUT2D eigenvalue weighted by molar-refractivity contribution is 6.00. The number of carbonyl (C=O) groups excluding carboxylic acids is 1. The highest BCUT2D eigenvalue weighted by Gasteiger charge is 2.23. The molecule has 0 spiro atoms. The molecule has 1 heteroatoms. The van der Waals surface area contributed by atoms with Gasteiger partial charge in [-0.15, -0.1) is 0 Å². The van der Waals surface area contributed by atoms with Crippen LogP contribution < -0.4 is 0 Å². The van der Waals surface area contributed by atoms with E-state index >= 15 is 0 Å². The van der Waals surface area contributed by atoms with Crippen molar-refractivity contribution >= 4 is 16.6 Å². The van der Waals surface area contributed by atoms with Crippen LogP contribution in [0.4, 0.5) is 0 Å². The van der Waals surface area contributed by atoms with Crippen molar-refractivity contribution in [3.8, 4) is 0 Å². The molecule has 0 aliphatic rings. The van der Waals surface area contributed by atoms with Gasteiger partial charge in [0.15, 0.2) is 5.78 Å². The molecule has 0 N–H and O–H groups in total. The monoisotopic (exact) mass is 254 g/mol. The highest BCUT2D eigenvalue weighted by Crippen LogP contribution is 2.29. The number of benzene rings is 2. The van der Waals surface area contributed by atoms with E-state index in [0.717, 1.165) is 10.9 Å². The first kappa shape index (κ1) is 13.8. The van der Waals surface area contributed by atoms with Crippen molar-refractivity contribution in [3.63, 3.8) is 0 Å². The van der Waals surface area contributed by atoms with E-state index in [9.17, 15) is 4.79 Å². The maximum atomic E-state index is 12.3. The summed E-state index contributed by atoms with van der Waals surface area (Å²) >= 11 is 0. The lowest BCUT2D eigenvalue weighted by Gasteiger charge is -2.26. The second-order valence-electron chi connectivity index (χ2n) is 6.46. The van der Waals surface area contributed by atoms with Gasteiger partial charge in [-0.1, -0.05) is 64.1 Å². The molecular weight excluding hydrogens is 232 g/mol. The van der Waals surface area contributed by atoms with Crippen molar-refractivity contribution in [3.05, 3.63) is 48.0 Å². The molecule has 0 radical (unpaired) electrons. The number of hydrogen-bond donors (Lipinski definition) is 0. The Bertz CT molecular complexity index is 590. The number of Topliss-reactive ketones (excluding diaryl/α,β-unsaturated/α-hetero) is 1. The third-order valence-corrected chi connectivity index (χ3v) is 4.04. The lowest BCUT2D eigenvalue weighted by molar-refractivity contribution is 0.0927. The van der Waals surface area contributed by atoms with Gasteiger partial charge in [0, 0.05) is 12.0 Å². The molecule has 1 atom stereocenters. The normalized spacial score (nSPS) is 13.5. The van der Waals surface area contributed by atoms with Crippen LogP contribution in [0.2, 0.25) is 0 Å². The van der Waals surface area contributed by atoms with Crippen LogP contribution in [0, 0.1) is 11.3 Å². The second-order valence-corrected chi connectivity index (χ2v) is 6.46. The van der Waals surface area contributed by atoms with Gasteiger partial charge in [-0.2, -0.15) is 0 Å². The predicted molar refractivity (Wildman–Crippen MR) is 81.5 cm³/mol. The van der Waals surface area contributed by atoms with Gasteiger partial charge in [-0.05, 0) is 28.2 Å². The standard InChI is InChI=1S/C18H22O/c1-13(18(2,3)4)11-17(19)16-10-9-14-7-5-6-8-15(14)12-16/h5-10,12-13H,11H2,1-4H3. The van der Waals surface area contributed by atoms with Crippen molar-refractivity contribution < 1.29 is 4.79 Å². The Morgan fingerprint density at radius 1 is 1.05 bits per heavy atom. The first-order valence-electron chi connectivity index (χ1n) is 6.90. The van der Waals surface area contributed by atoms with Gasteiger partial charge in [0.05, 0.1) is 0 Å². The molecule has 1 nitrogen and oxygen atoms in total. The van der Waals surface area contributed by atoms with Crippen LogP contribution in [-0.4, -0.2) is 5.78 Å². The minimum absolute atomic E-state index is 0.173. The lowest BCUT2D eigenvalue weighted by Crippen LogP contribution is -2.20. The Hall–Kier alpha value is -1.63. The zero-order valence-corrected chi connectivity index (χ0v) is 12.2. The zero-order valence-electron chi connectivity index (χ0n) is 12.2. The number of rotatable bonds is 3. The van der Waals surface area contributed by atoms with Gasteiger partial charge in [-0.3, -0.25) is 4.79 Å². The molecule has 2 aromatic carbocycles. The summed E-state index contributed by atoms with van der Waals surface area (Å²) < 4.78 is 0. The van der Waals surface area contributed by atoms with Crippen molar-refractivity contribution in [1.29, 1.82) is 0 Å². The van der Waals surface area contributed by atoms with Gasteiger partial charge < -0.3 is 0 Å². The van der Waals surface area contributed by atoms with E-state index in [1.54, 1.807) is 0 Å². The Labute approximate surface area is 115 Å². The van der Waals surface area contributed by atoms with Gasteiger partial charge in [0.25, 0.3) is 0 Å². The summed E-state index contributed by atoms with van der Waals surface area (Å²) in [7, 11) is 0. The molecule has 1 unspecified atom stereocenters. The van der Waals surface area contributed by atoms with E-state index in [1.165, 1.54) is 5.39 Å². The minimum atomic E-state index is 0.173. The number of carbonyl (C=O) groups is 1. The highest BCUT2D eigenvalue weighted by atomic mass is 16.1. The molecule has 0 saturated carbocycles. The quantitative estimate of drug-likeness (QED) is 0.697. The number of fused-ring (bicyclic) bond motifs is 1. The second kappa shape index (κ2) is 5.16. The largest absolute Gasteiger partial charge is 0.294 e. The first-order valence-corrected chi connectivity index (χ1v) is 6.90. The van der Waals surface area contributed by atoms with Crippen molar-refractivity contribution in [2.45, 2.75) is 34.1 Å². The molecule has 2 aromatic rings. The van der Waals surface area contributed by atoms with Crippen molar-refractivity contribution in [2.75, 3.05) is 0 Å². The molecule has 0 heterocycles. The molecule has 0 saturated heterocycles. The third-order valence-electron chi connectivity index (χ3n) is 4.04. The van der Waals surface area contributed by atoms with Crippen LogP contribution in [0.15, 0.2) is 42.5 Å². The topological polar surface area (TPSA) is 17.1 Å². The third kappa shape index (κ3) is 3.23. The fourth-order valence-electron chi connectivity index (χ4n) is 2.06. The Balaban J connectivity index is 2.22. The molecule has 0 fully saturated rings. The zero-order chi connectivity index (χ0) is 14.0. The van der Waals surface area contributed by atoms with Crippen LogP contribution in [-0.2, 0) is 0 Å². The Kier molecular flexibility index (Phi) is 3.75. The molecule has 0 aliphatic carbocycles. The summed E-state index contributed by atoms with van der Waals surface area (Å²) in [6.45, 7) is 8.71. The number of hydrogen-bond acceptors (Lipinski definition) is 1. The van der Waals surface area contributed by atoms with Gasteiger partial charge in [0.1, 0.15) is 0 Å². The average molecular weight is 254 g/mol. The smallest absolute Gasteiger partial charge is 0.163 e. The van der Waals surface area contributed by atoms with E-state index < -0.39 is 0 Å². The molecule has 0 amide bonds. The van der Waals surface area contributed by atoms with E-state index in [-0.39, 0.29) is 11.2 Å². The van der Waals surface area contributed by atoms with Crippen molar-refractivity contribution in [2.24, 2.45) is 11.3 Å². The summed E-state index contributed by atoms with van der Waals surface area (Å²) in [4.78, 5) is 12.3. The summed E-state index contributed by atoms with van der Waals surface area (Å²) in [6.07, 6.45) is 0.613. The summed E-state index contributed by atoms with van der Waals surface area (Å²) in [5, 5.41) is 2.32. The maximum absolute atomic E-state index is 12.3. The molecule has 19 heavy (non-hydrogen) atoms. The fraction of sp³-hybridized carbons (Fsp3) is 0.389. The lowest BCUT2D eigenvalue weighted by atomic mass is 9.78. The van der Waals surface area contributed by atoms with E-state index in [1.807, 2.05) is 30.3 Å². The van der Waals surface area contributed by atoms with Gasteiger partial charge in [-0.25, -0.2) is 0 Å². The van der Waals surface area contributed by atoms with Crippen LogP contribution in [0.5, 0.6) is 0 Å². The molecule has 0 bridgehead atoms. The predicted octanol–water partition coefficient (Wildman–Crippen LogP) is 5.09. The average Bonchev–Trinajstić information content (AvgIpc) is 2.37. The van der Waals surface area contributed by atoms with Crippen LogP contribution in [0.25, 0.3) is 10.8 Å². The molecular formula is C18H22O. The molecule has 0 aromatic heterocycles. The Morgan fingerprint density at radius 2 is 1.68 bits per heavy atom.